The first-order valence-electron chi connectivity index (χ1n) is 9.37. The van der Waals surface area contributed by atoms with E-state index in [-0.39, 0.29) is 18.3 Å². The van der Waals surface area contributed by atoms with Crippen LogP contribution in [0, 0.1) is 6.92 Å². The molecule has 0 aliphatic carbocycles. The second-order valence-corrected chi connectivity index (χ2v) is 6.66. The van der Waals surface area contributed by atoms with E-state index in [1.165, 1.54) is 0 Å². The highest BCUT2D eigenvalue weighted by molar-refractivity contribution is 5.98. The quantitative estimate of drug-likeness (QED) is 0.523. The fourth-order valence-electron chi connectivity index (χ4n) is 3.37. The number of carbonyl (C=O) groups is 1. The van der Waals surface area contributed by atoms with Crippen LogP contribution in [-0.2, 0) is 4.79 Å². The summed E-state index contributed by atoms with van der Waals surface area (Å²) in [6, 6.07) is 18.4. The maximum absolute atomic E-state index is 12.5. The summed E-state index contributed by atoms with van der Waals surface area (Å²) in [7, 11) is 0. The standard InChI is InChI=1S/C22H27N3O.ClH/c1-17-19-13-8-9-14-20(19)25(18-11-5-4-6-12-18)22(17)24-21(26)15-7-2-3-10-16-23;/h4-6,8-9,11-14H,2-3,7,10,15-16,23H2,1H3,(H,24,26);1H. The Morgan fingerprint density at radius 2 is 1.63 bits per heavy atom. The van der Waals surface area contributed by atoms with Gasteiger partial charge in [0, 0.05) is 17.5 Å². The molecule has 3 N–H and O–H groups in total. The largest absolute Gasteiger partial charge is 0.330 e. The van der Waals surface area contributed by atoms with E-state index in [0.29, 0.717) is 6.42 Å². The molecule has 1 aromatic heterocycles. The van der Waals surface area contributed by atoms with Crippen molar-refractivity contribution in [1.29, 1.82) is 0 Å². The lowest BCUT2D eigenvalue weighted by atomic mass is 10.1. The Morgan fingerprint density at radius 3 is 2.37 bits per heavy atom. The maximum Gasteiger partial charge on any atom is 0.225 e. The Kier molecular flexibility index (Phi) is 7.89. The van der Waals surface area contributed by atoms with E-state index in [1.54, 1.807) is 0 Å². The van der Waals surface area contributed by atoms with Gasteiger partial charge in [-0.25, -0.2) is 0 Å². The van der Waals surface area contributed by atoms with E-state index >= 15 is 0 Å². The molecule has 3 rings (SSSR count). The van der Waals surface area contributed by atoms with Gasteiger partial charge in [-0.05, 0) is 50.1 Å². The number of nitrogens with one attached hydrogen (secondary N) is 1. The number of anilines is 1. The number of fused-ring (bicyclic) bond motifs is 1. The number of carbonyl (C=O) groups excluding carboxylic acids is 1. The van der Waals surface area contributed by atoms with Crippen molar-refractivity contribution in [3.8, 4) is 5.69 Å². The van der Waals surface area contributed by atoms with Gasteiger partial charge in [-0.3, -0.25) is 9.36 Å². The van der Waals surface area contributed by atoms with Gasteiger partial charge in [-0.15, -0.1) is 12.4 Å². The van der Waals surface area contributed by atoms with E-state index in [1.807, 2.05) is 30.3 Å². The van der Waals surface area contributed by atoms with E-state index in [4.69, 9.17) is 5.73 Å². The molecule has 3 aromatic rings. The molecule has 0 aliphatic heterocycles. The van der Waals surface area contributed by atoms with Crippen molar-refractivity contribution >= 4 is 35.0 Å². The second-order valence-electron chi connectivity index (χ2n) is 6.66. The Labute approximate surface area is 167 Å². The first-order chi connectivity index (χ1) is 12.7. The van der Waals surface area contributed by atoms with Gasteiger partial charge >= 0.3 is 0 Å². The fraction of sp³-hybridized carbons (Fsp3) is 0.318. The number of benzene rings is 2. The van der Waals surface area contributed by atoms with Crippen molar-refractivity contribution < 1.29 is 4.79 Å². The summed E-state index contributed by atoms with van der Waals surface area (Å²) in [5.41, 5.74) is 8.77. The number of para-hydroxylation sites is 2. The number of rotatable bonds is 8. The first kappa shape index (κ1) is 21.0. The van der Waals surface area contributed by atoms with Gasteiger partial charge in [0.15, 0.2) is 0 Å². The van der Waals surface area contributed by atoms with Crippen LogP contribution in [0.15, 0.2) is 54.6 Å². The van der Waals surface area contributed by atoms with Crippen molar-refractivity contribution in [3.05, 3.63) is 60.2 Å². The van der Waals surface area contributed by atoms with Gasteiger partial charge in [0.25, 0.3) is 0 Å². The topological polar surface area (TPSA) is 60.1 Å². The summed E-state index contributed by atoms with van der Waals surface area (Å²) in [6.45, 7) is 2.79. The third-order valence-corrected chi connectivity index (χ3v) is 4.76. The number of nitrogens with zero attached hydrogens (tertiary/aromatic N) is 1. The highest BCUT2D eigenvalue weighted by Gasteiger charge is 2.17. The molecule has 5 heteroatoms. The molecule has 0 atom stereocenters. The molecule has 0 radical (unpaired) electrons. The van der Waals surface area contributed by atoms with Crippen LogP contribution in [0.3, 0.4) is 0 Å². The number of nitrogens with two attached hydrogens (primary N) is 1. The maximum atomic E-state index is 12.5. The lowest BCUT2D eigenvalue weighted by Gasteiger charge is -2.13. The van der Waals surface area contributed by atoms with E-state index in [0.717, 1.165) is 60.2 Å². The Bertz CT molecular complexity index is 874. The number of hydrogen-bond acceptors (Lipinski definition) is 2. The number of amides is 1. The van der Waals surface area contributed by atoms with Crippen LogP contribution in [0.5, 0.6) is 0 Å². The summed E-state index contributed by atoms with van der Waals surface area (Å²) < 4.78 is 2.14. The van der Waals surface area contributed by atoms with E-state index in [2.05, 4.69) is 41.1 Å². The predicted molar refractivity (Wildman–Crippen MR) is 116 cm³/mol. The highest BCUT2D eigenvalue weighted by atomic mass is 35.5. The molecule has 0 bridgehead atoms. The molecule has 0 aliphatic rings. The van der Waals surface area contributed by atoms with E-state index < -0.39 is 0 Å². The number of unbranched alkanes of at least 4 members (excludes halogenated alkanes) is 3. The fourth-order valence-corrected chi connectivity index (χ4v) is 3.37. The van der Waals surface area contributed by atoms with Crippen LogP contribution < -0.4 is 11.1 Å². The van der Waals surface area contributed by atoms with Gasteiger partial charge in [0.1, 0.15) is 5.82 Å². The summed E-state index contributed by atoms with van der Waals surface area (Å²) >= 11 is 0. The number of aromatic nitrogens is 1. The Hall–Kier alpha value is -2.30. The van der Waals surface area contributed by atoms with Crippen molar-refractivity contribution in [2.45, 2.75) is 39.0 Å². The molecule has 144 valence electrons. The molecule has 27 heavy (non-hydrogen) atoms. The molecular formula is C22H28ClN3O. The minimum Gasteiger partial charge on any atom is -0.330 e. The number of aryl methyl sites for hydroxylation is 1. The lowest BCUT2D eigenvalue weighted by molar-refractivity contribution is -0.116. The van der Waals surface area contributed by atoms with Gasteiger partial charge < -0.3 is 11.1 Å². The van der Waals surface area contributed by atoms with Gasteiger partial charge in [-0.1, -0.05) is 49.2 Å². The van der Waals surface area contributed by atoms with Gasteiger partial charge in [-0.2, -0.15) is 0 Å². The van der Waals surface area contributed by atoms with Gasteiger partial charge in [0.2, 0.25) is 5.91 Å². The molecule has 1 amide bonds. The highest BCUT2D eigenvalue weighted by Crippen LogP contribution is 2.32. The number of hydrogen-bond donors (Lipinski definition) is 2. The summed E-state index contributed by atoms with van der Waals surface area (Å²) in [5, 5.41) is 4.32. The van der Waals surface area contributed by atoms with Crippen LogP contribution in [0.2, 0.25) is 0 Å². The average Bonchev–Trinajstić information content (AvgIpc) is 2.94. The van der Waals surface area contributed by atoms with E-state index in [9.17, 15) is 4.79 Å². The number of halogens is 1. The zero-order valence-electron chi connectivity index (χ0n) is 15.8. The first-order valence-corrected chi connectivity index (χ1v) is 9.37. The molecule has 0 fully saturated rings. The third kappa shape index (κ3) is 4.90. The Balaban J connectivity index is 0.00000261. The smallest absolute Gasteiger partial charge is 0.225 e. The summed E-state index contributed by atoms with van der Waals surface area (Å²) in [4.78, 5) is 12.5. The zero-order valence-corrected chi connectivity index (χ0v) is 16.6. The molecule has 2 aromatic carbocycles. The summed E-state index contributed by atoms with van der Waals surface area (Å²) in [5.74, 6) is 0.935. The molecular weight excluding hydrogens is 358 g/mol. The molecule has 0 saturated carbocycles. The molecule has 0 saturated heterocycles. The third-order valence-electron chi connectivity index (χ3n) is 4.76. The van der Waals surface area contributed by atoms with Crippen LogP contribution in [-0.4, -0.2) is 17.0 Å². The van der Waals surface area contributed by atoms with Crippen molar-refractivity contribution in [2.75, 3.05) is 11.9 Å². The van der Waals surface area contributed by atoms with Crippen LogP contribution in [0.25, 0.3) is 16.6 Å². The van der Waals surface area contributed by atoms with Crippen LogP contribution in [0.4, 0.5) is 5.82 Å². The summed E-state index contributed by atoms with van der Waals surface area (Å²) in [6.07, 6.45) is 4.61. The lowest BCUT2D eigenvalue weighted by Crippen LogP contribution is -2.15. The molecule has 0 spiro atoms. The van der Waals surface area contributed by atoms with Crippen LogP contribution in [0.1, 0.15) is 37.7 Å². The van der Waals surface area contributed by atoms with Gasteiger partial charge in [0.05, 0.1) is 5.52 Å². The minimum atomic E-state index is 0. The molecule has 4 nitrogen and oxygen atoms in total. The van der Waals surface area contributed by atoms with Crippen LogP contribution >= 0.6 is 12.4 Å². The second kappa shape index (κ2) is 10.1. The SMILES string of the molecule is Cc1c(NC(=O)CCCCCCN)n(-c2ccccc2)c2ccccc12.Cl. The normalized spacial score (nSPS) is 10.6. The minimum absolute atomic E-state index is 0. The molecule has 1 heterocycles. The average molecular weight is 386 g/mol. The predicted octanol–water partition coefficient (Wildman–Crippen LogP) is 5.21. The monoisotopic (exact) mass is 385 g/mol. The Morgan fingerprint density at radius 1 is 0.963 bits per heavy atom. The molecule has 0 unspecified atom stereocenters. The van der Waals surface area contributed by atoms with Crippen molar-refractivity contribution in [1.82, 2.24) is 4.57 Å². The zero-order chi connectivity index (χ0) is 18.4. The van der Waals surface area contributed by atoms with Crippen molar-refractivity contribution in [2.24, 2.45) is 5.73 Å². The van der Waals surface area contributed by atoms with Crippen molar-refractivity contribution in [3.63, 3.8) is 0 Å².